The Morgan fingerprint density at radius 3 is 2.38 bits per heavy atom. The number of hydrogen-bond acceptors (Lipinski definition) is 4. The van der Waals surface area contributed by atoms with Gasteiger partial charge in [0.1, 0.15) is 0 Å². The monoisotopic (exact) mass is 420 g/mol. The molecule has 0 aliphatic carbocycles. The zero-order chi connectivity index (χ0) is 21.8. The first kappa shape index (κ1) is 20.1. The lowest BCUT2D eigenvalue weighted by molar-refractivity contribution is 0.0171. The first-order valence-electron chi connectivity index (χ1n) is 10.9. The van der Waals surface area contributed by atoms with Gasteiger partial charge in [0.15, 0.2) is 5.82 Å². The average molecular weight is 421 g/mol. The van der Waals surface area contributed by atoms with Crippen LogP contribution in [0.5, 0.6) is 0 Å². The molecule has 0 saturated carbocycles. The van der Waals surface area contributed by atoms with E-state index in [-0.39, 0.29) is 5.91 Å². The lowest BCUT2D eigenvalue weighted by Gasteiger charge is -2.29. The standard InChI is InChI=1S/C27H24N4O/c32-27(25-14-5-4-13-24(25)22-10-2-1-3-11-22)31-18-8-17-30(31)20-21-9-6-12-23(19-21)26-28-15-7-16-29-26/h1-7,9-16,19H,8,17-18,20H2. The van der Waals surface area contributed by atoms with Gasteiger partial charge in [0.05, 0.1) is 0 Å². The van der Waals surface area contributed by atoms with Gasteiger partial charge in [-0.05, 0) is 41.3 Å². The summed E-state index contributed by atoms with van der Waals surface area (Å²) in [4.78, 5) is 22.3. The van der Waals surface area contributed by atoms with Crippen LogP contribution in [0.15, 0.2) is 97.3 Å². The third-order valence-corrected chi connectivity index (χ3v) is 5.72. The van der Waals surface area contributed by atoms with E-state index >= 15 is 0 Å². The van der Waals surface area contributed by atoms with Gasteiger partial charge >= 0.3 is 0 Å². The molecule has 0 unspecified atom stereocenters. The minimum atomic E-state index is 0.0458. The molecular formula is C27H24N4O. The van der Waals surface area contributed by atoms with Crippen LogP contribution in [0.1, 0.15) is 22.3 Å². The van der Waals surface area contributed by atoms with E-state index in [1.165, 1.54) is 0 Å². The van der Waals surface area contributed by atoms with Gasteiger partial charge in [0.25, 0.3) is 5.91 Å². The molecule has 0 spiro atoms. The highest BCUT2D eigenvalue weighted by atomic mass is 16.2. The second-order valence-corrected chi connectivity index (χ2v) is 7.85. The smallest absolute Gasteiger partial charge is 0.268 e. The first-order chi connectivity index (χ1) is 15.8. The van der Waals surface area contributed by atoms with Crippen LogP contribution in [0.25, 0.3) is 22.5 Å². The summed E-state index contributed by atoms with van der Waals surface area (Å²) in [7, 11) is 0. The maximum atomic E-state index is 13.6. The third kappa shape index (κ3) is 4.15. The van der Waals surface area contributed by atoms with Gasteiger partial charge in [0.2, 0.25) is 0 Å². The maximum absolute atomic E-state index is 13.6. The molecule has 1 fully saturated rings. The topological polar surface area (TPSA) is 49.3 Å². The van der Waals surface area contributed by atoms with E-state index in [0.29, 0.717) is 12.4 Å². The number of carbonyl (C=O) groups excluding carboxylic acids is 1. The lowest BCUT2D eigenvalue weighted by Crippen LogP contribution is -2.40. The lowest BCUT2D eigenvalue weighted by atomic mass is 9.99. The number of rotatable bonds is 5. The number of hydrazine groups is 1. The Balaban J connectivity index is 1.39. The predicted molar refractivity (Wildman–Crippen MR) is 125 cm³/mol. The van der Waals surface area contributed by atoms with Crippen molar-refractivity contribution in [3.63, 3.8) is 0 Å². The molecule has 0 N–H and O–H groups in total. The van der Waals surface area contributed by atoms with E-state index in [0.717, 1.165) is 47.3 Å². The van der Waals surface area contributed by atoms with Crippen LogP contribution in [-0.4, -0.2) is 39.0 Å². The molecule has 4 aromatic rings. The van der Waals surface area contributed by atoms with Crippen molar-refractivity contribution in [1.82, 2.24) is 20.0 Å². The molecule has 1 saturated heterocycles. The summed E-state index contributed by atoms with van der Waals surface area (Å²) >= 11 is 0. The summed E-state index contributed by atoms with van der Waals surface area (Å²) in [6.07, 6.45) is 4.46. The summed E-state index contributed by atoms with van der Waals surface area (Å²) in [5.74, 6) is 0.755. The van der Waals surface area contributed by atoms with Crippen LogP contribution in [0.4, 0.5) is 0 Å². The number of hydrogen-bond donors (Lipinski definition) is 0. The summed E-state index contributed by atoms with van der Waals surface area (Å²) in [6, 6.07) is 28.0. The molecule has 5 nitrogen and oxygen atoms in total. The molecule has 5 heteroatoms. The molecule has 2 heterocycles. The molecule has 1 amide bonds. The Morgan fingerprint density at radius 1 is 0.781 bits per heavy atom. The van der Waals surface area contributed by atoms with Gasteiger partial charge in [-0.3, -0.25) is 9.80 Å². The first-order valence-corrected chi connectivity index (χ1v) is 10.9. The van der Waals surface area contributed by atoms with Crippen LogP contribution in [0.2, 0.25) is 0 Å². The second kappa shape index (κ2) is 9.12. The zero-order valence-electron chi connectivity index (χ0n) is 17.8. The number of aromatic nitrogens is 2. The van der Waals surface area contributed by atoms with Crippen molar-refractivity contribution in [3.05, 3.63) is 108 Å². The van der Waals surface area contributed by atoms with E-state index in [9.17, 15) is 4.79 Å². The SMILES string of the molecule is O=C(c1ccccc1-c1ccccc1)N1CCCN1Cc1cccc(-c2ncccn2)c1. The normalized spacial score (nSPS) is 13.9. The maximum Gasteiger partial charge on any atom is 0.268 e. The van der Waals surface area contributed by atoms with Crippen molar-refractivity contribution in [3.8, 4) is 22.5 Å². The summed E-state index contributed by atoms with van der Waals surface area (Å²) < 4.78 is 0. The van der Waals surface area contributed by atoms with Crippen LogP contribution in [0.3, 0.4) is 0 Å². The van der Waals surface area contributed by atoms with E-state index in [1.54, 1.807) is 12.4 Å². The van der Waals surface area contributed by atoms with Crippen LogP contribution in [0, 0.1) is 0 Å². The summed E-state index contributed by atoms with van der Waals surface area (Å²) in [5, 5.41) is 4.04. The molecule has 32 heavy (non-hydrogen) atoms. The molecular weight excluding hydrogens is 396 g/mol. The van der Waals surface area contributed by atoms with Gasteiger partial charge in [-0.15, -0.1) is 0 Å². The molecule has 3 aromatic carbocycles. The van der Waals surface area contributed by atoms with Crippen LogP contribution >= 0.6 is 0 Å². The highest BCUT2D eigenvalue weighted by molar-refractivity contribution is 6.00. The van der Waals surface area contributed by atoms with E-state index < -0.39 is 0 Å². The number of carbonyl (C=O) groups is 1. The molecule has 0 atom stereocenters. The van der Waals surface area contributed by atoms with Crippen molar-refractivity contribution >= 4 is 5.91 Å². The van der Waals surface area contributed by atoms with Crippen molar-refractivity contribution < 1.29 is 4.79 Å². The van der Waals surface area contributed by atoms with Gasteiger partial charge in [-0.1, -0.05) is 66.7 Å². The molecule has 1 aliphatic heterocycles. The molecule has 0 radical (unpaired) electrons. The molecule has 1 aliphatic rings. The van der Waals surface area contributed by atoms with Crippen molar-refractivity contribution in [2.75, 3.05) is 13.1 Å². The minimum absolute atomic E-state index is 0.0458. The van der Waals surface area contributed by atoms with Gasteiger partial charge in [-0.25, -0.2) is 15.0 Å². The Bertz CT molecular complexity index is 1210. The van der Waals surface area contributed by atoms with Gasteiger partial charge in [-0.2, -0.15) is 0 Å². The highest BCUT2D eigenvalue weighted by Gasteiger charge is 2.29. The fourth-order valence-corrected chi connectivity index (χ4v) is 4.21. The third-order valence-electron chi connectivity index (χ3n) is 5.72. The molecule has 5 rings (SSSR count). The summed E-state index contributed by atoms with van der Waals surface area (Å²) in [6.45, 7) is 2.24. The molecule has 0 bridgehead atoms. The Hall–Kier alpha value is -3.83. The number of nitrogens with zero attached hydrogens (tertiary/aromatic N) is 4. The second-order valence-electron chi connectivity index (χ2n) is 7.85. The van der Waals surface area contributed by atoms with E-state index in [2.05, 4.69) is 27.1 Å². The van der Waals surface area contributed by atoms with Crippen LogP contribution < -0.4 is 0 Å². The molecule has 158 valence electrons. The Kier molecular flexibility index (Phi) is 5.73. The Labute approximate surface area is 188 Å². The van der Waals surface area contributed by atoms with E-state index in [1.807, 2.05) is 77.8 Å². The molecule has 1 aromatic heterocycles. The fourth-order valence-electron chi connectivity index (χ4n) is 4.21. The van der Waals surface area contributed by atoms with Crippen molar-refractivity contribution in [2.45, 2.75) is 13.0 Å². The fraction of sp³-hybridized carbons (Fsp3) is 0.148. The van der Waals surface area contributed by atoms with Crippen molar-refractivity contribution in [2.24, 2.45) is 0 Å². The van der Waals surface area contributed by atoms with Gasteiger partial charge in [0, 0.05) is 43.2 Å². The zero-order valence-corrected chi connectivity index (χ0v) is 17.8. The Morgan fingerprint density at radius 2 is 1.53 bits per heavy atom. The van der Waals surface area contributed by atoms with Crippen molar-refractivity contribution in [1.29, 1.82) is 0 Å². The van der Waals surface area contributed by atoms with Crippen LogP contribution in [-0.2, 0) is 6.54 Å². The minimum Gasteiger partial charge on any atom is -0.271 e. The highest BCUT2D eigenvalue weighted by Crippen LogP contribution is 2.27. The number of benzene rings is 3. The quantitative estimate of drug-likeness (QED) is 0.452. The largest absolute Gasteiger partial charge is 0.271 e. The number of amides is 1. The predicted octanol–water partition coefficient (Wildman–Crippen LogP) is 5.07. The van der Waals surface area contributed by atoms with E-state index in [4.69, 9.17) is 0 Å². The van der Waals surface area contributed by atoms with Gasteiger partial charge < -0.3 is 0 Å². The average Bonchev–Trinajstić information content (AvgIpc) is 3.33. The summed E-state index contributed by atoms with van der Waals surface area (Å²) in [5.41, 5.74) is 4.86.